The highest BCUT2D eigenvalue weighted by Crippen LogP contribution is 2.13. The predicted molar refractivity (Wildman–Crippen MR) is 87.8 cm³/mol. The Kier molecular flexibility index (Phi) is 4.59. The standard InChI is InChI=1S/C17H19N3O4/c1-2-24-17(23)12-11-13-14(5-3-7-18-13)20(16(12)22)10-9-19-8-4-6-15(19)21/h3,5,7,11H,2,4,6,8-10H2,1H3. The molecule has 0 unspecified atom stereocenters. The molecule has 7 heteroatoms. The first kappa shape index (κ1) is 16.2. The number of hydrogen-bond donors (Lipinski definition) is 0. The number of likely N-dealkylation sites (tertiary alicyclic amines) is 1. The normalized spacial score (nSPS) is 14.4. The lowest BCUT2D eigenvalue weighted by atomic mass is 10.2. The van der Waals surface area contributed by atoms with Crippen LogP contribution in [0.1, 0.15) is 30.1 Å². The summed E-state index contributed by atoms with van der Waals surface area (Å²) in [6, 6.07) is 4.99. The highest BCUT2D eigenvalue weighted by Gasteiger charge is 2.21. The van der Waals surface area contributed by atoms with E-state index in [9.17, 15) is 14.4 Å². The molecule has 2 aromatic rings. The first-order chi connectivity index (χ1) is 11.6. The maximum atomic E-state index is 12.7. The number of nitrogens with zero attached hydrogens (tertiary/aromatic N) is 3. The number of carbonyl (C=O) groups is 2. The maximum Gasteiger partial charge on any atom is 0.343 e. The zero-order valence-corrected chi connectivity index (χ0v) is 13.5. The SMILES string of the molecule is CCOC(=O)c1cc2ncccc2n(CCN2CCCC2=O)c1=O. The third kappa shape index (κ3) is 3.02. The fraction of sp³-hybridized carbons (Fsp3) is 0.412. The predicted octanol–water partition coefficient (Wildman–Crippen LogP) is 1.20. The molecule has 1 fully saturated rings. The zero-order valence-electron chi connectivity index (χ0n) is 13.5. The quantitative estimate of drug-likeness (QED) is 0.770. The van der Waals surface area contributed by atoms with E-state index in [0.717, 1.165) is 6.42 Å². The minimum Gasteiger partial charge on any atom is -0.462 e. The van der Waals surface area contributed by atoms with Crippen molar-refractivity contribution in [3.05, 3.63) is 40.3 Å². The van der Waals surface area contributed by atoms with E-state index in [1.54, 1.807) is 30.2 Å². The number of aromatic nitrogens is 2. The fourth-order valence-electron chi connectivity index (χ4n) is 2.94. The van der Waals surface area contributed by atoms with Crippen LogP contribution in [-0.4, -0.2) is 46.0 Å². The molecule has 1 aliphatic heterocycles. The molecule has 2 aromatic heterocycles. The Hall–Kier alpha value is -2.70. The molecule has 0 spiro atoms. The van der Waals surface area contributed by atoms with Gasteiger partial charge < -0.3 is 14.2 Å². The van der Waals surface area contributed by atoms with Gasteiger partial charge in [-0.15, -0.1) is 0 Å². The first-order valence-corrected chi connectivity index (χ1v) is 8.05. The second-order valence-electron chi connectivity index (χ2n) is 5.63. The van der Waals surface area contributed by atoms with Crippen molar-refractivity contribution in [3.63, 3.8) is 0 Å². The third-order valence-corrected chi connectivity index (χ3v) is 4.12. The van der Waals surface area contributed by atoms with Crippen LogP contribution in [0.15, 0.2) is 29.2 Å². The van der Waals surface area contributed by atoms with Gasteiger partial charge >= 0.3 is 5.97 Å². The monoisotopic (exact) mass is 329 g/mol. The maximum absolute atomic E-state index is 12.7. The number of fused-ring (bicyclic) bond motifs is 1. The third-order valence-electron chi connectivity index (χ3n) is 4.12. The lowest BCUT2D eigenvalue weighted by Crippen LogP contribution is -2.34. The minimum atomic E-state index is -0.652. The zero-order chi connectivity index (χ0) is 17.1. The van der Waals surface area contributed by atoms with Gasteiger partial charge in [0, 0.05) is 32.3 Å². The van der Waals surface area contributed by atoms with Crippen molar-refractivity contribution in [1.82, 2.24) is 14.5 Å². The van der Waals surface area contributed by atoms with Gasteiger partial charge in [-0.3, -0.25) is 14.6 Å². The Bertz CT molecular complexity index is 843. The summed E-state index contributed by atoms with van der Waals surface area (Å²) in [5.74, 6) is -0.548. The van der Waals surface area contributed by atoms with E-state index in [1.807, 2.05) is 0 Å². The highest BCUT2D eigenvalue weighted by molar-refractivity contribution is 5.92. The van der Waals surface area contributed by atoms with Crippen molar-refractivity contribution in [1.29, 1.82) is 0 Å². The number of amides is 1. The molecule has 24 heavy (non-hydrogen) atoms. The molecule has 0 atom stereocenters. The van der Waals surface area contributed by atoms with Gasteiger partial charge in [0.1, 0.15) is 5.56 Å². The van der Waals surface area contributed by atoms with Crippen molar-refractivity contribution in [2.75, 3.05) is 19.7 Å². The number of hydrogen-bond acceptors (Lipinski definition) is 5. The highest BCUT2D eigenvalue weighted by atomic mass is 16.5. The second kappa shape index (κ2) is 6.82. The smallest absolute Gasteiger partial charge is 0.343 e. The van der Waals surface area contributed by atoms with Crippen molar-refractivity contribution in [2.45, 2.75) is 26.3 Å². The topological polar surface area (TPSA) is 81.5 Å². The van der Waals surface area contributed by atoms with Crippen LogP contribution in [0.5, 0.6) is 0 Å². The van der Waals surface area contributed by atoms with Crippen LogP contribution >= 0.6 is 0 Å². The number of pyridine rings is 2. The Morgan fingerprint density at radius 2 is 2.17 bits per heavy atom. The van der Waals surface area contributed by atoms with Gasteiger partial charge in [0.15, 0.2) is 0 Å². The minimum absolute atomic E-state index is 0.0317. The van der Waals surface area contributed by atoms with Crippen LogP contribution in [0.4, 0.5) is 0 Å². The Labute approximate surface area is 138 Å². The Morgan fingerprint density at radius 3 is 2.88 bits per heavy atom. The molecule has 1 amide bonds. The molecule has 0 bridgehead atoms. The van der Waals surface area contributed by atoms with Gasteiger partial charge in [0.05, 0.1) is 17.6 Å². The summed E-state index contributed by atoms with van der Waals surface area (Å²) in [5.41, 5.74) is 0.742. The summed E-state index contributed by atoms with van der Waals surface area (Å²) in [7, 11) is 0. The summed E-state index contributed by atoms with van der Waals surface area (Å²) in [6.45, 7) is 3.35. The average Bonchev–Trinajstić information content (AvgIpc) is 2.99. The Morgan fingerprint density at radius 1 is 1.33 bits per heavy atom. The molecule has 0 aliphatic carbocycles. The van der Waals surface area contributed by atoms with Gasteiger partial charge in [-0.1, -0.05) is 0 Å². The van der Waals surface area contributed by atoms with Crippen molar-refractivity contribution in [3.8, 4) is 0 Å². The van der Waals surface area contributed by atoms with E-state index in [4.69, 9.17) is 4.74 Å². The molecule has 0 aromatic carbocycles. The van der Waals surface area contributed by atoms with Crippen LogP contribution in [0, 0.1) is 0 Å². The molecular weight excluding hydrogens is 310 g/mol. The molecular formula is C17H19N3O4. The fourth-order valence-corrected chi connectivity index (χ4v) is 2.94. The molecule has 126 valence electrons. The van der Waals surface area contributed by atoms with E-state index >= 15 is 0 Å². The summed E-state index contributed by atoms with van der Waals surface area (Å²) in [4.78, 5) is 42.5. The summed E-state index contributed by atoms with van der Waals surface area (Å²) in [5, 5.41) is 0. The number of rotatable bonds is 5. The van der Waals surface area contributed by atoms with Crippen molar-refractivity contribution < 1.29 is 14.3 Å². The van der Waals surface area contributed by atoms with Gasteiger partial charge in [0.2, 0.25) is 5.91 Å². The van der Waals surface area contributed by atoms with Crippen LogP contribution in [0.2, 0.25) is 0 Å². The summed E-state index contributed by atoms with van der Waals surface area (Å²) < 4.78 is 6.46. The van der Waals surface area contributed by atoms with Gasteiger partial charge in [-0.2, -0.15) is 0 Å². The van der Waals surface area contributed by atoms with E-state index in [-0.39, 0.29) is 18.1 Å². The number of ether oxygens (including phenoxy) is 1. The van der Waals surface area contributed by atoms with Crippen LogP contribution in [-0.2, 0) is 16.1 Å². The molecule has 0 N–H and O–H groups in total. The molecule has 1 saturated heterocycles. The van der Waals surface area contributed by atoms with Gasteiger partial charge in [-0.05, 0) is 31.5 Å². The molecule has 0 radical (unpaired) electrons. The first-order valence-electron chi connectivity index (χ1n) is 8.05. The van der Waals surface area contributed by atoms with Crippen molar-refractivity contribution >= 4 is 22.9 Å². The van der Waals surface area contributed by atoms with Crippen molar-refractivity contribution in [2.24, 2.45) is 0 Å². The van der Waals surface area contributed by atoms with E-state index in [0.29, 0.717) is 37.1 Å². The van der Waals surface area contributed by atoms with E-state index in [1.165, 1.54) is 10.6 Å². The largest absolute Gasteiger partial charge is 0.462 e. The number of carbonyl (C=O) groups excluding carboxylic acids is 2. The van der Waals surface area contributed by atoms with Crippen LogP contribution in [0.3, 0.4) is 0 Å². The molecule has 3 heterocycles. The van der Waals surface area contributed by atoms with Crippen LogP contribution in [0.25, 0.3) is 11.0 Å². The van der Waals surface area contributed by atoms with Gasteiger partial charge in [-0.25, -0.2) is 4.79 Å². The average molecular weight is 329 g/mol. The molecule has 7 nitrogen and oxygen atoms in total. The lowest BCUT2D eigenvalue weighted by Gasteiger charge is -2.18. The molecule has 0 saturated carbocycles. The van der Waals surface area contributed by atoms with Gasteiger partial charge in [0.25, 0.3) is 5.56 Å². The number of esters is 1. The molecule has 3 rings (SSSR count). The summed E-state index contributed by atoms with van der Waals surface area (Å²) >= 11 is 0. The summed E-state index contributed by atoms with van der Waals surface area (Å²) in [6.07, 6.45) is 3.01. The van der Waals surface area contributed by atoms with E-state index < -0.39 is 11.5 Å². The Balaban J connectivity index is 2.00. The van der Waals surface area contributed by atoms with Crippen LogP contribution < -0.4 is 5.56 Å². The van der Waals surface area contributed by atoms with E-state index in [2.05, 4.69) is 4.98 Å². The molecule has 1 aliphatic rings. The lowest BCUT2D eigenvalue weighted by molar-refractivity contribution is -0.127. The second-order valence-corrected chi connectivity index (χ2v) is 5.63.